The molecule has 3 heterocycles. The molecule has 1 amide bonds. The summed E-state index contributed by atoms with van der Waals surface area (Å²) in [5.41, 5.74) is 4.05. The minimum absolute atomic E-state index is 0.0368. The van der Waals surface area contributed by atoms with E-state index in [1.165, 1.54) is 0 Å². The first-order valence-corrected chi connectivity index (χ1v) is 10.8. The van der Waals surface area contributed by atoms with Gasteiger partial charge in [0, 0.05) is 37.3 Å². The second-order valence-electron chi connectivity index (χ2n) is 7.82. The molecule has 2 aromatic heterocycles. The summed E-state index contributed by atoms with van der Waals surface area (Å²) in [5, 5.41) is 16.0. The number of H-pyrrole nitrogens is 1. The zero-order chi connectivity index (χ0) is 22.6. The fraction of sp³-hybridized carbons (Fsp3) is 0.200. The minimum Gasteiger partial charge on any atom is -0.497 e. The van der Waals surface area contributed by atoms with Gasteiger partial charge in [-0.25, -0.2) is 0 Å². The molecule has 0 aliphatic carbocycles. The summed E-state index contributed by atoms with van der Waals surface area (Å²) >= 11 is 0. The van der Waals surface area contributed by atoms with Gasteiger partial charge < -0.3 is 14.5 Å². The first-order valence-electron chi connectivity index (χ1n) is 10.8. The number of ether oxygens (including phenoxy) is 1. The molecule has 166 valence electrons. The van der Waals surface area contributed by atoms with Crippen molar-refractivity contribution in [3.05, 3.63) is 78.5 Å². The SMILES string of the molecule is COc1ccc(-c2ccc(N3CCN(C(=O)c4cc(-c5ccccc5)n[nH]4)CC3)nn2)cc1. The molecule has 1 saturated heterocycles. The molecule has 1 aliphatic rings. The molecule has 8 heteroatoms. The molecule has 4 aromatic rings. The van der Waals surface area contributed by atoms with Crippen LogP contribution in [-0.4, -0.2) is 64.5 Å². The zero-order valence-electron chi connectivity index (χ0n) is 18.3. The number of methoxy groups -OCH3 is 1. The van der Waals surface area contributed by atoms with Crippen LogP contribution in [0.5, 0.6) is 5.75 Å². The lowest BCUT2D eigenvalue weighted by molar-refractivity contribution is 0.0740. The third kappa shape index (κ3) is 4.41. The third-order valence-corrected chi connectivity index (χ3v) is 5.80. The minimum atomic E-state index is -0.0368. The van der Waals surface area contributed by atoms with Crippen molar-refractivity contribution in [2.75, 3.05) is 38.2 Å². The molecule has 1 fully saturated rings. The molecule has 8 nitrogen and oxygen atoms in total. The average molecular weight is 441 g/mol. The summed E-state index contributed by atoms with van der Waals surface area (Å²) in [7, 11) is 1.65. The number of rotatable bonds is 5. The summed E-state index contributed by atoms with van der Waals surface area (Å²) in [5.74, 6) is 1.58. The Balaban J connectivity index is 1.20. The number of carbonyl (C=O) groups is 1. The maximum absolute atomic E-state index is 12.9. The molecule has 0 radical (unpaired) electrons. The smallest absolute Gasteiger partial charge is 0.272 e. The van der Waals surface area contributed by atoms with Crippen molar-refractivity contribution >= 4 is 11.7 Å². The van der Waals surface area contributed by atoms with E-state index in [0.717, 1.165) is 34.1 Å². The van der Waals surface area contributed by atoms with Gasteiger partial charge in [0.05, 0.1) is 18.5 Å². The number of aromatic nitrogens is 4. The Labute approximate surface area is 191 Å². The Hall–Kier alpha value is -4.20. The van der Waals surface area contributed by atoms with E-state index >= 15 is 0 Å². The van der Waals surface area contributed by atoms with Crippen LogP contribution >= 0.6 is 0 Å². The maximum atomic E-state index is 12.9. The molecule has 5 rings (SSSR count). The molecular weight excluding hydrogens is 416 g/mol. The second-order valence-corrected chi connectivity index (χ2v) is 7.82. The van der Waals surface area contributed by atoms with Crippen LogP contribution in [0.15, 0.2) is 72.8 Å². The molecule has 0 unspecified atom stereocenters. The number of amides is 1. The lowest BCUT2D eigenvalue weighted by Gasteiger charge is -2.34. The quantitative estimate of drug-likeness (QED) is 0.511. The van der Waals surface area contributed by atoms with Crippen LogP contribution in [0.4, 0.5) is 5.82 Å². The van der Waals surface area contributed by atoms with Gasteiger partial charge >= 0.3 is 0 Å². The van der Waals surface area contributed by atoms with Gasteiger partial charge in [0.2, 0.25) is 0 Å². The Bertz CT molecular complexity index is 1210. The average Bonchev–Trinajstić information content (AvgIpc) is 3.40. The van der Waals surface area contributed by atoms with Crippen LogP contribution in [0, 0.1) is 0 Å². The monoisotopic (exact) mass is 440 g/mol. The Morgan fingerprint density at radius 2 is 1.58 bits per heavy atom. The summed E-state index contributed by atoms with van der Waals surface area (Å²) in [4.78, 5) is 16.9. The number of nitrogens with zero attached hydrogens (tertiary/aromatic N) is 5. The molecule has 2 aromatic carbocycles. The van der Waals surface area contributed by atoms with E-state index in [2.05, 4.69) is 25.3 Å². The van der Waals surface area contributed by atoms with Gasteiger partial charge in [0.15, 0.2) is 5.82 Å². The molecule has 1 N–H and O–H groups in total. The normalized spacial score (nSPS) is 13.7. The number of anilines is 1. The molecule has 33 heavy (non-hydrogen) atoms. The number of nitrogens with one attached hydrogen (secondary N) is 1. The Morgan fingerprint density at radius 1 is 0.848 bits per heavy atom. The lowest BCUT2D eigenvalue weighted by atomic mass is 10.1. The van der Waals surface area contributed by atoms with Crippen LogP contribution in [-0.2, 0) is 0 Å². The number of carbonyl (C=O) groups excluding carboxylic acids is 1. The van der Waals surface area contributed by atoms with Crippen molar-refractivity contribution in [1.82, 2.24) is 25.3 Å². The van der Waals surface area contributed by atoms with Gasteiger partial charge in [-0.05, 0) is 42.5 Å². The molecule has 0 bridgehead atoms. The Kier molecular flexibility index (Phi) is 5.72. The van der Waals surface area contributed by atoms with E-state index in [0.29, 0.717) is 31.9 Å². The summed E-state index contributed by atoms with van der Waals surface area (Å²) in [6.07, 6.45) is 0. The van der Waals surface area contributed by atoms with E-state index in [-0.39, 0.29) is 5.91 Å². The van der Waals surface area contributed by atoms with E-state index < -0.39 is 0 Å². The molecule has 0 saturated carbocycles. The van der Waals surface area contributed by atoms with E-state index in [1.807, 2.05) is 77.7 Å². The number of hydrogen-bond acceptors (Lipinski definition) is 6. The number of hydrogen-bond donors (Lipinski definition) is 1. The van der Waals surface area contributed by atoms with E-state index in [9.17, 15) is 4.79 Å². The standard InChI is InChI=1S/C25H24N6O2/c1-33-20-9-7-19(8-10-20)21-11-12-24(29-26-21)30-13-15-31(16-14-30)25(32)23-17-22(27-28-23)18-5-3-2-4-6-18/h2-12,17H,13-16H2,1H3,(H,27,28). The van der Waals surface area contributed by atoms with Crippen molar-refractivity contribution in [1.29, 1.82) is 0 Å². The highest BCUT2D eigenvalue weighted by atomic mass is 16.5. The highest BCUT2D eigenvalue weighted by Gasteiger charge is 2.24. The van der Waals surface area contributed by atoms with Crippen LogP contribution in [0.2, 0.25) is 0 Å². The summed E-state index contributed by atoms with van der Waals surface area (Å²) in [6, 6.07) is 23.3. The van der Waals surface area contributed by atoms with Crippen molar-refractivity contribution in [2.24, 2.45) is 0 Å². The largest absolute Gasteiger partial charge is 0.497 e. The lowest BCUT2D eigenvalue weighted by Crippen LogP contribution is -2.49. The zero-order valence-corrected chi connectivity index (χ0v) is 18.3. The predicted octanol–water partition coefficient (Wildman–Crippen LogP) is 3.50. The predicted molar refractivity (Wildman–Crippen MR) is 126 cm³/mol. The van der Waals surface area contributed by atoms with Gasteiger partial charge in [0.25, 0.3) is 5.91 Å². The molecular formula is C25H24N6O2. The molecule has 0 atom stereocenters. The van der Waals surface area contributed by atoms with Crippen molar-refractivity contribution < 1.29 is 9.53 Å². The number of piperazine rings is 1. The maximum Gasteiger partial charge on any atom is 0.272 e. The first kappa shape index (κ1) is 20.7. The molecule has 0 spiro atoms. The van der Waals surface area contributed by atoms with Crippen LogP contribution in [0.1, 0.15) is 10.5 Å². The van der Waals surface area contributed by atoms with Crippen molar-refractivity contribution in [3.8, 4) is 28.3 Å². The molecule has 1 aliphatic heterocycles. The number of aromatic amines is 1. The summed E-state index contributed by atoms with van der Waals surface area (Å²) in [6.45, 7) is 2.62. The van der Waals surface area contributed by atoms with Crippen LogP contribution in [0.25, 0.3) is 22.5 Å². The highest BCUT2D eigenvalue weighted by Crippen LogP contribution is 2.23. The van der Waals surface area contributed by atoms with Crippen LogP contribution < -0.4 is 9.64 Å². The fourth-order valence-corrected chi connectivity index (χ4v) is 3.91. The number of benzene rings is 2. The van der Waals surface area contributed by atoms with Crippen molar-refractivity contribution in [3.63, 3.8) is 0 Å². The van der Waals surface area contributed by atoms with Crippen LogP contribution in [0.3, 0.4) is 0 Å². The van der Waals surface area contributed by atoms with Gasteiger partial charge in [-0.2, -0.15) is 5.10 Å². The first-order chi connectivity index (χ1) is 16.2. The van der Waals surface area contributed by atoms with Gasteiger partial charge in [-0.1, -0.05) is 30.3 Å². The van der Waals surface area contributed by atoms with Crippen molar-refractivity contribution in [2.45, 2.75) is 0 Å². The van der Waals surface area contributed by atoms with Gasteiger partial charge in [-0.15, -0.1) is 10.2 Å². The topological polar surface area (TPSA) is 87.2 Å². The summed E-state index contributed by atoms with van der Waals surface area (Å²) < 4.78 is 5.20. The third-order valence-electron chi connectivity index (χ3n) is 5.80. The highest BCUT2D eigenvalue weighted by molar-refractivity contribution is 5.93. The Morgan fingerprint density at radius 3 is 2.24 bits per heavy atom. The van der Waals surface area contributed by atoms with Gasteiger partial charge in [-0.3, -0.25) is 9.89 Å². The van der Waals surface area contributed by atoms with E-state index in [1.54, 1.807) is 7.11 Å². The fourth-order valence-electron chi connectivity index (χ4n) is 3.91. The van der Waals surface area contributed by atoms with Gasteiger partial charge in [0.1, 0.15) is 11.4 Å². The van der Waals surface area contributed by atoms with E-state index in [4.69, 9.17) is 4.74 Å². The second kappa shape index (κ2) is 9.12.